The molecule has 0 saturated carbocycles. The number of hydrogen-bond donors (Lipinski definition) is 3. The maximum Gasteiger partial charge on any atom is 0.268 e. The molecule has 7 nitrogen and oxygen atoms in total. The number of halogens is 2. The molecule has 2 heterocycles. The number of carbonyl (C=O) groups excluding carboxylic acids is 1. The Balaban J connectivity index is 0.00000220. The molecule has 1 aliphatic rings. The number of thiophene rings is 1. The highest BCUT2D eigenvalue weighted by atomic mass is 35.5. The minimum absolute atomic E-state index is 0. The van der Waals surface area contributed by atoms with Crippen molar-refractivity contribution in [3.8, 4) is 5.75 Å². The molecule has 1 aliphatic heterocycles. The lowest BCUT2D eigenvalue weighted by Crippen LogP contribution is -2.40. The Morgan fingerprint density at radius 1 is 1.00 bits per heavy atom. The summed E-state index contributed by atoms with van der Waals surface area (Å²) in [7, 11) is 0. The zero-order valence-electron chi connectivity index (χ0n) is 22.1. The number of fused-ring (bicyclic) bond motifs is 1. The first-order chi connectivity index (χ1) is 18.4. The predicted octanol–water partition coefficient (Wildman–Crippen LogP) is 6.72. The summed E-state index contributed by atoms with van der Waals surface area (Å²) >= 11 is 1.43. The Kier molecular flexibility index (Phi) is 10.6. The third-order valence-electron chi connectivity index (χ3n) is 6.90. The van der Waals surface area contributed by atoms with Crippen LogP contribution in [-0.4, -0.2) is 41.7 Å². The first kappa shape index (κ1) is 30.9. The average Bonchev–Trinajstić information content (AvgIpc) is 3.47. The van der Waals surface area contributed by atoms with Gasteiger partial charge in [0.15, 0.2) is 0 Å². The molecule has 1 saturated heterocycles. The minimum Gasteiger partial charge on any atom is -0.490 e. The SMILES string of the molecule is CC(=N)N1CCC(Oc2ccc(N(Cc3ccc4ccc(C(=N)N)cc4c3)C(=O)c3cccs3)cc2)CC1.Cl.Cl. The van der Waals surface area contributed by atoms with E-state index in [1.165, 1.54) is 11.3 Å². The molecule has 0 atom stereocenters. The number of nitrogen functional groups attached to an aromatic ring is 1. The lowest BCUT2D eigenvalue weighted by atomic mass is 10.0. The lowest BCUT2D eigenvalue weighted by Gasteiger charge is -2.32. The van der Waals surface area contributed by atoms with E-state index in [0.717, 1.165) is 53.7 Å². The quantitative estimate of drug-likeness (QED) is 0.162. The normalized spacial score (nSPS) is 13.2. The first-order valence-corrected chi connectivity index (χ1v) is 13.5. The molecule has 4 aromatic rings. The van der Waals surface area contributed by atoms with E-state index in [4.69, 9.17) is 21.3 Å². The van der Waals surface area contributed by atoms with E-state index in [1.807, 2.05) is 79.0 Å². The van der Waals surface area contributed by atoms with E-state index in [9.17, 15) is 4.79 Å². The summed E-state index contributed by atoms with van der Waals surface area (Å²) in [6, 6.07) is 23.3. The largest absolute Gasteiger partial charge is 0.490 e. The highest BCUT2D eigenvalue weighted by Gasteiger charge is 2.22. The Hall–Kier alpha value is -3.59. The number of anilines is 1. The highest BCUT2D eigenvalue weighted by Crippen LogP contribution is 2.27. The van der Waals surface area contributed by atoms with Crippen LogP contribution in [0.3, 0.4) is 0 Å². The van der Waals surface area contributed by atoms with Crippen LogP contribution in [0.4, 0.5) is 5.69 Å². The summed E-state index contributed by atoms with van der Waals surface area (Å²) in [5.41, 5.74) is 8.15. The molecule has 0 radical (unpaired) electrons. The van der Waals surface area contributed by atoms with Crippen molar-refractivity contribution < 1.29 is 9.53 Å². The molecular weight excluding hydrogens is 565 g/mol. The predicted molar refractivity (Wildman–Crippen MR) is 169 cm³/mol. The summed E-state index contributed by atoms with van der Waals surface area (Å²) in [4.78, 5) is 18.1. The van der Waals surface area contributed by atoms with Crippen LogP contribution in [0, 0.1) is 10.8 Å². The van der Waals surface area contributed by atoms with E-state index in [-0.39, 0.29) is 42.7 Å². The third-order valence-corrected chi connectivity index (χ3v) is 7.76. The number of amidine groups is 2. The standard InChI is InChI=1S/C30H31N5O2S.2ClH/c1-20(31)34-14-12-27(13-15-34)37-26-10-8-25(9-11-26)35(30(36)28-3-2-16-38-28)19-21-4-5-22-6-7-23(29(32)33)18-24(22)17-21;;/h2-11,16-18,27,31H,12-15,19H2,1H3,(H3,32,33);2*1H. The van der Waals surface area contributed by atoms with Crippen molar-refractivity contribution >= 4 is 70.2 Å². The maximum atomic E-state index is 13.5. The summed E-state index contributed by atoms with van der Waals surface area (Å²) < 4.78 is 6.22. The fraction of sp³-hybridized carbons (Fsp3) is 0.233. The Morgan fingerprint density at radius 2 is 1.70 bits per heavy atom. The Bertz CT molecular complexity index is 1470. The molecule has 5 rings (SSSR count). The van der Waals surface area contributed by atoms with Crippen LogP contribution in [-0.2, 0) is 6.54 Å². The van der Waals surface area contributed by atoms with Gasteiger partial charge in [-0.1, -0.05) is 30.3 Å². The summed E-state index contributed by atoms with van der Waals surface area (Å²) in [6.07, 6.45) is 1.89. The van der Waals surface area contributed by atoms with E-state index in [1.54, 1.807) is 4.90 Å². The fourth-order valence-corrected chi connectivity index (χ4v) is 5.44. The van der Waals surface area contributed by atoms with Gasteiger partial charge in [-0.05, 0) is 71.1 Å². The highest BCUT2D eigenvalue weighted by molar-refractivity contribution is 7.12. The van der Waals surface area contributed by atoms with Gasteiger partial charge in [-0.25, -0.2) is 0 Å². The molecule has 10 heteroatoms. The molecule has 1 fully saturated rings. The molecule has 0 aliphatic carbocycles. The van der Waals surface area contributed by atoms with Crippen molar-refractivity contribution in [3.63, 3.8) is 0 Å². The molecule has 40 heavy (non-hydrogen) atoms. The Labute approximate surface area is 250 Å². The van der Waals surface area contributed by atoms with Crippen molar-refractivity contribution in [2.75, 3.05) is 18.0 Å². The summed E-state index contributed by atoms with van der Waals surface area (Å²) in [6.45, 7) is 3.89. The van der Waals surface area contributed by atoms with E-state index >= 15 is 0 Å². The van der Waals surface area contributed by atoms with Crippen LogP contribution in [0.1, 0.15) is 40.6 Å². The van der Waals surface area contributed by atoms with Crippen LogP contribution in [0.25, 0.3) is 10.8 Å². The summed E-state index contributed by atoms with van der Waals surface area (Å²) in [5.74, 6) is 1.36. The van der Waals surface area contributed by atoms with Crippen molar-refractivity contribution in [3.05, 3.63) is 94.2 Å². The second-order valence-electron chi connectivity index (χ2n) is 9.56. The van der Waals surface area contributed by atoms with E-state index in [0.29, 0.717) is 22.8 Å². The van der Waals surface area contributed by atoms with Gasteiger partial charge < -0.3 is 20.3 Å². The number of benzene rings is 3. The number of rotatable bonds is 7. The first-order valence-electron chi connectivity index (χ1n) is 12.7. The second kappa shape index (κ2) is 13.7. The fourth-order valence-electron chi connectivity index (χ4n) is 4.76. The Morgan fingerprint density at radius 3 is 2.33 bits per heavy atom. The van der Waals surface area contributed by atoms with Gasteiger partial charge in [-0.3, -0.25) is 15.6 Å². The molecule has 4 N–H and O–H groups in total. The molecule has 1 amide bonds. The molecule has 210 valence electrons. The molecule has 0 spiro atoms. The number of amides is 1. The zero-order chi connectivity index (χ0) is 26.6. The van der Waals surface area contributed by atoms with Crippen LogP contribution < -0.4 is 15.4 Å². The van der Waals surface area contributed by atoms with Gasteiger partial charge in [0.1, 0.15) is 17.7 Å². The number of ether oxygens (including phenoxy) is 1. The summed E-state index contributed by atoms with van der Waals surface area (Å²) in [5, 5.41) is 19.5. The molecule has 0 unspecified atom stereocenters. The van der Waals surface area contributed by atoms with E-state index in [2.05, 4.69) is 11.0 Å². The van der Waals surface area contributed by atoms with Crippen LogP contribution >= 0.6 is 36.2 Å². The van der Waals surface area contributed by atoms with Crippen molar-refractivity contribution in [1.29, 1.82) is 10.8 Å². The van der Waals surface area contributed by atoms with Crippen molar-refractivity contribution in [2.45, 2.75) is 32.4 Å². The number of likely N-dealkylation sites (tertiary alicyclic amines) is 1. The van der Waals surface area contributed by atoms with Gasteiger partial charge in [0.25, 0.3) is 5.91 Å². The van der Waals surface area contributed by atoms with Crippen LogP contribution in [0.15, 0.2) is 78.2 Å². The number of piperidine rings is 1. The van der Waals surface area contributed by atoms with Gasteiger partial charge in [0.2, 0.25) is 0 Å². The third kappa shape index (κ3) is 7.13. The van der Waals surface area contributed by atoms with Gasteiger partial charge in [0, 0.05) is 37.2 Å². The van der Waals surface area contributed by atoms with Crippen molar-refractivity contribution in [2.24, 2.45) is 5.73 Å². The van der Waals surface area contributed by atoms with Gasteiger partial charge >= 0.3 is 0 Å². The molecule has 3 aromatic carbocycles. The van der Waals surface area contributed by atoms with Crippen molar-refractivity contribution in [1.82, 2.24) is 4.90 Å². The van der Waals surface area contributed by atoms with Gasteiger partial charge in [-0.15, -0.1) is 36.2 Å². The number of carbonyl (C=O) groups is 1. The number of nitrogens with one attached hydrogen (secondary N) is 2. The topological polar surface area (TPSA) is 106 Å². The number of nitrogens with two attached hydrogens (primary N) is 1. The molecule has 1 aromatic heterocycles. The van der Waals surface area contributed by atoms with Gasteiger partial charge in [-0.2, -0.15) is 0 Å². The van der Waals surface area contributed by atoms with Crippen LogP contribution in [0.2, 0.25) is 0 Å². The van der Waals surface area contributed by atoms with Crippen LogP contribution in [0.5, 0.6) is 5.75 Å². The maximum absolute atomic E-state index is 13.5. The minimum atomic E-state index is -0.0550. The number of nitrogens with zero attached hydrogens (tertiary/aromatic N) is 2. The number of hydrogen-bond acceptors (Lipinski definition) is 5. The molecular formula is C30H33Cl2N5O2S. The van der Waals surface area contributed by atoms with E-state index < -0.39 is 0 Å². The zero-order valence-corrected chi connectivity index (χ0v) is 24.6. The smallest absolute Gasteiger partial charge is 0.268 e. The monoisotopic (exact) mass is 597 g/mol. The average molecular weight is 599 g/mol. The van der Waals surface area contributed by atoms with Gasteiger partial charge in [0.05, 0.1) is 17.3 Å². The molecule has 0 bridgehead atoms. The lowest BCUT2D eigenvalue weighted by molar-refractivity contribution is 0.0988. The second-order valence-corrected chi connectivity index (χ2v) is 10.5.